The summed E-state index contributed by atoms with van der Waals surface area (Å²) in [5.41, 5.74) is -1.77. The normalized spacial score (nSPS) is 19.8. The SMILES string of the molecule is Cc1sc(N2CCOCC2)nc1C1=C(c2nc(N3CCOCC3)sc2C(F)(F)F)C(=O)N(C(C)(C)C)C1=O. The van der Waals surface area contributed by atoms with Crippen molar-refractivity contribution in [3.8, 4) is 0 Å². The van der Waals surface area contributed by atoms with Crippen molar-refractivity contribution in [3.05, 3.63) is 21.1 Å². The van der Waals surface area contributed by atoms with E-state index in [9.17, 15) is 22.8 Å². The number of carbonyl (C=O) groups is 2. The lowest BCUT2D eigenvalue weighted by molar-refractivity contribution is -0.141. The molecular weight excluding hydrogens is 543 g/mol. The minimum absolute atomic E-state index is 0.137. The van der Waals surface area contributed by atoms with Crippen LogP contribution in [0.2, 0.25) is 0 Å². The fourth-order valence-electron chi connectivity index (χ4n) is 4.64. The Labute approximate surface area is 225 Å². The van der Waals surface area contributed by atoms with Crippen LogP contribution in [0.25, 0.3) is 11.1 Å². The molecule has 2 aromatic heterocycles. The van der Waals surface area contributed by atoms with Gasteiger partial charge in [-0.3, -0.25) is 14.5 Å². The number of morpholine rings is 2. The zero-order valence-electron chi connectivity index (χ0n) is 21.5. The van der Waals surface area contributed by atoms with Gasteiger partial charge in [-0.2, -0.15) is 13.2 Å². The minimum atomic E-state index is -4.77. The third kappa shape index (κ3) is 4.82. The van der Waals surface area contributed by atoms with Gasteiger partial charge in [0.1, 0.15) is 10.6 Å². The molecule has 0 aromatic carbocycles. The highest BCUT2D eigenvalue weighted by Gasteiger charge is 2.50. The van der Waals surface area contributed by atoms with E-state index < -0.39 is 34.1 Å². The van der Waals surface area contributed by atoms with Crippen LogP contribution in [0.15, 0.2) is 0 Å². The van der Waals surface area contributed by atoms with E-state index in [0.29, 0.717) is 74.0 Å². The summed E-state index contributed by atoms with van der Waals surface area (Å²) in [7, 11) is 0. The number of alkyl halides is 3. The van der Waals surface area contributed by atoms with Crippen LogP contribution in [0, 0.1) is 6.92 Å². The van der Waals surface area contributed by atoms with Crippen molar-refractivity contribution in [3.63, 3.8) is 0 Å². The highest BCUT2D eigenvalue weighted by Crippen LogP contribution is 2.47. The van der Waals surface area contributed by atoms with E-state index in [2.05, 4.69) is 9.97 Å². The lowest BCUT2D eigenvalue weighted by Crippen LogP contribution is -2.46. The molecule has 2 fully saturated rings. The molecule has 0 spiro atoms. The number of carbonyl (C=O) groups excluding carboxylic acids is 2. The molecule has 0 atom stereocenters. The number of aryl methyl sites for hydroxylation is 1. The third-order valence-electron chi connectivity index (χ3n) is 6.45. The highest BCUT2D eigenvalue weighted by molar-refractivity contribution is 7.16. The van der Waals surface area contributed by atoms with Gasteiger partial charge < -0.3 is 19.3 Å². The molecule has 2 saturated heterocycles. The van der Waals surface area contributed by atoms with E-state index in [-0.39, 0.29) is 22.0 Å². The van der Waals surface area contributed by atoms with Gasteiger partial charge in [0.25, 0.3) is 11.8 Å². The van der Waals surface area contributed by atoms with Crippen LogP contribution < -0.4 is 9.80 Å². The molecule has 9 nitrogen and oxygen atoms in total. The highest BCUT2D eigenvalue weighted by atomic mass is 32.1. The monoisotopic (exact) mass is 571 g/mol. The van der Waals surface area contributed by atoms with Gasteiger partial charge in [0.15, 0.2) is 10.3 Å². The van der Waals surface area contributed by atoms with Gasteiger partial charge in [-0.1, -0.05) is 11.3 Å². The van der Waals surface area contributed by atoms with Gasteiger partial charge in [0.05, 0.1) is 43.3 Å². The topological polar surface area (TPSA) is 88.1 Å². The van der Waals surface area contributed by atoms with E-state index >= 15 is 0 Å². The first-order valence-electron chi connectivity index (χ1n) is 12.2. The first kappa shape index (κ1) is 27.0. The minimum Gasteiger partial charge on any atom is -0.378 e. The Morgan fingerprint density at radius 1 is 0.763 bits per heavy atom. The van der Waals surface area contributed by atoms with E-state index in [4.69, 9.17) is 9.47 Å². The zero-order valence-corrected chi connectivity index (χ0v) is 23.1. The van der Waals surface area contributed by atoms with Gasteiger partial charge in [0, 0.05) is 36.6 Å². The molecule has 14 heteroatoms. The zero-order chi connectivity index (χ0) is 27.4. The van der Waals surface area contributed by atoms with Gasteiger partial charge in [-0.25, -0.2) is 9.97 Å². The van der Waals surface area contributed by atoms with E-state index in [0.717, 1.165) is 4.90 Å². The average molecular weight is 572 g/mol. The van der Waals surface area contributed by atoms with Crippen molar-refractivity contribution in [1.82, 2.24) is 14.9 Å². The number of rotatable bonds is 4. The van der Waals surface area contributed by atoms with Crippen LogP contribution in [0.3, 0.4) is 0 Å². The predicted octanol–water partition coefficient (Wildman–Crippen LogP) is 3.68. The second-order valence-corrected chi connectivity index (χ2v) is 12.3. The number of anilines is 2. The first-order chi connectivity index (χ1) is 17.9. The third-order valence-corrected chi connectivity index (χ3v) is 8.64. The predicted molar refractivity (Wildman–Crippen MR) is 138 cm³/mol. The van der Waals surface area contributed by atoms with Gasteiger partial charge in [0.2, 0.25) is 0 Å². The molecule has 2 aromatic rings. The number of hydrogen-bond acceptors (Lipinski definition) is 10. The maximum absolute atomic E-state index is 14.4. The molecule has 0 saturated carbocycles. The molecule has 0 N–H and O–H groups in total. The van der Waals surface area contributed by atoms with Crippen molar-refractivity contribution in [2.45, 2.75) is 39.4 Å². The Morgan fingerprint density at radius 3 is 1.68 bits per heavy atom. The smallest absolute Gasteiger partial charge is 0.378 e. The maximum Gasteiger partial charge on any atom is 0.427 e. The molecule has 3 aliphatic rings. The van der Waals surface area contributed by atoms with Gasteiger partial charge >= 0.3 is 6.18 Å². The number of hydrogen-bond donors (Lipinski definition) is 0. The lowest BCUT2D eigenvalue weighted by Gasteiger charge is -2.30. The largest absolute Gasteiger partial charge is 0.427 e. The lowest BCUT2D eigenvalue weighted by atomic mass is 10.0. The van der Waals surface area contributed by atoms with Crippen LogP contribution in [-0.2, 0) is 25.2 Å². The number of nitrogens with zero attached hydrogens (tertiary/aromatic N) is 5. The second-order valence-electron chi connectivity index (χ2n) is 10.1. The molecule has 0 bridgehead atoms. The van der Waals surface area contributed by atoms with Crippen LogP contribution >= 0.6 is 22.7 Å². The number of ether oxygens (including phenoxy) is 2. The summed E-state index contributed by atoms with van der Waals surface area (Å²) >= 11 is 1.81. The summed E-state index contributed by atoms with van der Waals surface area (Å²) < 4.78 is 53.8. The molecule has 0 aliphatic carbocycles. The van der Waals surface area contributed by atoms with E-state index in [1.165, 1.54) is 11.3 Å². The number of halogens is 3. The number of thiazole rings is 2. The Hall–Kier alpha value is -2.55. The molecule has 3 aliphatic heterocycles. The number of aromatic nitrogens is 2. The molecule has 38 heavy (non-hydrogen) atoms. The molecule has 206 valence electrons. The molecule has 2 amide bonds. The Balaban J connectivity index is 1.70. The van der Waals surface area contributed by atoms with Crippen molar-refractivity contribution in [1.29, 1.82) is 0 Å². The second kappa shape index (κ2) is 9.88. The van der Waals surface area contributed by atoms with Crippen molar-refractivity contribution in [2.24, 2.45) is 0 Å². The number of imide groups is 1. The summed E-state index contributed by atoms with van der Waals surface area (Å²) in [6, 6.07) is 0. The number of amides is 2. The standard InChI is InChI=1S/C24H28F3N5O4S2/c1-13-16(28-21(37-13)30-5-9-35-10-6-30)14-15(20(34)32(19(14)33)23(2,3)4)17-18(24(25,26)27)38-22(29-17)31-7-11-36-12-8-31/h5-12H2,1-4H3. The van der Waals surface area contributed by atoms with Crippen LogP contribution in [0.4, 0.5) is 23.4 Å². The van der Waals surface area contributed by atoms with Crippen molar-refractivity contribution in [2.75, 3.05) is 62.4 Å². The maximum atomic E-state index is 14.4. The first-order valence-corrected chi connectivity index (χ1v) is 13.9. The summed E-state index contributed by atoms with van der Waals surface area (Å²) in [5.74, 6) is -1.48. The van der Waals surface area contributed by atoms with Crippen LogP contribution in [0.5, 0.6) is 0 Å². The van der Waals surface area contributed by atoms with E-state index in [1.807, 2.05) is 4.90 Å². The van der Waals surface area contributed by atoms with E-state index in [1.54, 1.807) is 32.6 Å². The molecule has 0 radical (unpaired) electrons. The Bertz CT molecular complexity index is 1280. The molecule has 5 rings (SSSR count). The van der Waals surface area contributed by atoms with Crippen molar-refractivity contribution < 1.29 is 32.2 Å². The fraction of sp³-hybridized carbons (Fsp3) is 0.583. The summed E-state index contributed by atoms with van der Waals surface area (Å²) in [6.45, 7) is 10.5. The molecule has 5 heterocycles. The fourth-order valence-corrected chi connectivity index (χ4v) is 6.60. The van der Waals surface area contributed by atoms with Crippen molar-refractivity contribution >= 4 is 55.9 Å². The van der Waals surface area contributed by atoms with Crippen LogP contribution in [0.1, 0.15) is 41.9 Å². The Morgan fingerprint density at radius 2 is 1.21 bits per heavy atom. The molecule has 0 unspecified atom stereocenters. The summed E-state index contributed by atoms with van der Waals surface area (Å²) in [6.07, 6.45) is -4.77. The molecular formula is C24H28F3N5O4S2. The van der Waals surface area contributed by atoms with Gasteiger partial charge in [-0.05, 0) is 27.7 Å². The average Bonchev–Trinajstić information content (AvgIpc) is 3.53. The van der Waals surface area contributed by atoms with Gasteiger partial charge in [-0.15, -0.1) is 11.3 Å². The quantitative estimate of drug-likeness (QED) is 0.514. The van der Waals surface area contributed by atoms with Crippen LogP contribution in [-0.4, -0.2) is 84.8 Å². The summed E-state index contributed by atoms with van der Waals surface area (Å²) in [4.78, 5) is 41.0. The summed E-state index contributed by atoms with van der Waals surface area (Å²) in [5, 5.41) is 0.770. The Kier molecular flexibility index (Phi) is 7.03.